The maximum atomic E-state index is 11.9. The number of carboxylic acids is 1. The molecule has 2 aromatic heterocycles. The fourth-order valence-corrected chi connectivity index (χ4v) is 5.76. The number of anilines is 1. The molecule has 0 unspecified atom stereocenters. The lowest BCUT2D eigenvalue weighted by molar-refractivity contribution is -0.0209. The Labute approximate surface area is 176 Å². The third kappa shape index (κ3) is 3.91. The minimum atomic E-state index is -0.919. The Morgan fingerprint density at radius 2 is 1.93 bits per heavy atom. The van der Waals surface area contributed by atoms with E-state index in [2.05, 4.69) is 43.0 Å². The van der Waals surface area contributed by atoms with Crippen molar-refractivity contribution in [3.63, 3.8) is 0 Å². The molecule has 1 N–H and O–H groups in total. The van der Waals surface area contributed by atoms with Gasteiger partial charge in [-0.25, -0.2) is 9.78 Å². The van der Waals surface area contributed by atoms with Gasteiger partial charge in [-0.15, -0.1) is 11.3 Å². The molecule has 1 aliphatic carbocycles. The highest BCUT2D eigenvalue weighted by molar-refractivity contribution is 7.15. The lowest BCUT2D eigenvalue weighted by atomic mass is 9.77. The number of aryl methyl sites for hydroxylation is 1. The number of aromatic nitrogens is 1. The minimum absolute atomic E-state index is 0.221. The number of methoxy groups -OCH3 is 1. The maximum absolute atomic E-state index is 11.9. The molecule has 0 radical (unpaired) electrons. The zero-order valence-electron chi connectivity index (χ0n) is 17.5. The van der Waals surface area contributed by atoms with Gasteiger partial charge in [0.25, 0.3) is 0 Å². The van der Waals surface area contributed by atoms with Gasteiger partial charge in [-0.2, -0.15) is 0 Å². The Hall–Kier alpha value is -1.96. The predicted molar refractivity (Wildman–Crippen MR) is 116 cm³/mol. The Bertz CT molecular complexity index is 897. The van der Waals surface area contributed by atoms with Crippen LogP contribution < -0.4 is 4.90 Å². The maximum Gasteiger partial charge on any atom is 0.339 e. The Morgan fingerprint density at radius 1 is 1.21 bits per heavy atom. The van der Waals surface area contributed by atoms with Crippen molar-refractivity contribution in [3.05, 3.63) is 34.7 Å². The van der Waals surface area contributed by atoms with Crippen molar-refractivity contribution in [1.29, 1.82) is 0 Å². The average Bonchev–Trinajstić information content (AvgIpc) is 3.31. The Kier molecular flexibility index (Phi) is 5.64. The molecule has 0 aromatic carbocycles. The normalized spacial score (nSPS) is 26.7. The summed E-state index contributed by atoms with van der Waals surface area (Å²) in [5.41, 5.74) is 1.13. The second-order valence-corrected chi connectivity index (χ2v) is 9.77. The summed E-state index contributed by atoms with van der Waals surface area (Å²) in [4.78, 5) is 23.5. The molecule has 2 fully saturated rings. The first-order chi connectivity index (χ1) is 13.9. The molecule has 1 saturated heterocycles. The summed E-state index contributed by atoms with van der Waals surface area (Å²) in [5.74, 6) is 0.722. The van der Waals surface area contributed by atoms with Crippen molar-refractivity contribution in [3.8, 4) is 10.6 Å². The van der Waals surface area contributed by atoms with E-state index < -0.39 is 5.97 Å². The van der Waals surface area contributed by atoms with Crippen LogP contribution in [0.1, 0.15) is 28.1 Å². The van der Waals surface area contributed by atoms with Crippen molar-refractivity contribution in [1.82, 2.24) is 9.88 Å². The van der Waals surface area contributed by atoms with Gasteiger partial charge in [0.1, 0.15) is 11.4 Å². The van der Waals surface area contributed by atoms with E-state index in [1.165, 1.54) is 4.88 Å². The molecular formula is C22H29N3O3S. The van der Waals surface area contributed by atoms with E-state index >= 15 is 0 Å². The van der Waals surface area contributed by atoms with Crippen LogP contribution in [0.2, 0.25) is 0 Å². The highest BCUT2D eigenvalue weighted by Crippen LogP contribution is 2.41. The SMILES string of the molecule is CO[C@@H]1C[C@H]2CN(c3nc(-c4ccc(C)s4)ccc3C(=O)O)C[C@H]2C[C@H]1N(C)C. The van der Waals surface area contributed by atoms with Crippen LogP contribution in [-0.2, 0) is 4.74 Å². The van der Waals surface area contributed by atoms with E-state index in [1.54, 1.807) is 24.5 Å². The van der Waals surface area contributed by atoms with Crippen LogP contribution in [0.5, 0.6) is 0 Å². The van der Waals surface area contributed by atoms with E-state index in [9.17, 15) is 9.90 Å². The van der Waals surface area contributed by atoms with Gasteiger partial charge in [0, 0.05) is 31.1 Å². The van der Waals surface area contributed by atoms with E-state index in [4.69, 9.17) is 9.72 Å². The molecule has 0 spiro atoms. The van der Waals surface area contributed by atoms with Gasteiger partial charge >= 0.3 is 5.97 Å². The molecule has 29 heavy (non-hydrogen) atoms. The van der Waals surface area contributed by atoms with E-state index in [1.807, 2.05) is 6.07 Å². The molecule has 7 heteroatoms. The van der Waals surface area contributed by atoms with Gasteiger partial charge in [-0.05, 0) is 70.0 Å². The van der Waals surface area contributed by atoms with Crippen LogP contribution in [0.25, 0.3) is 10.6 Å². The first kappa shape index (κ1) is 20.3. The van der Waals surface area contributed by atoms with Crippen LogP contribution in [0, 0.1) is 18.8 Å². The number of aromatic carboxylic acids is 1. The minimum Gasteiger partial charge on any atom is -0.478 e. The molecule has 2 aliphatic rings. The monoisotopic (exact) mass is 415 g/mol. The second kappa shape index (κ2) is 8.05. The van der Waals surface area contributed by atoms with E-state index in [0.29, 0.717) is 23.7 Å². The molecule has 1 saturated carbocycles. The lowest BCUT2D eigenvalue weighted by Crippen LogP contribution is -2.47. The first-order valence-electron chi connectivity index (χ1n) is 10.1. The number of thiophene rings is 1. The molecule has 156 valence electrons. The number of nitrogens with zero attached hydrogens (tertiary/aromatic N) is 3. The van der Waals surface area contributed by atoms with Crippen molar-refractivity contribution < 1.29 is 14.6 Å². The molecule has 1 aliphatic heterocycles. The fraction of sp³-hybridized carbons (Fsp3) is 0.545. The zero-order chi connectivity index (χ0) is 20.7. The molecule has 4 atom stereocenters. The van der Waals surface area contributed by atoms with Crippen LogP contribution in [-0.4, -0.2) is 67.4 Å². The fourth-order valence-electron chi connectivity index (χ4n) is 4.93. The predicted octanol–water partition coefficient (Wildman–Crippen LogP) is 3.61. The number of ether oxygens (including phenoxy) is 1. The Balaban J connectivity index is 1.63. The number of hydrogen-bond donors (Lipinski definition) is 1. The van der Waals surface area contributed by atoms with E-state index in [-0.39, 0.29) is 11.7 Å². The van der Waals surface area contributed by atoms with Gasteiger partial charge in [-0.3, -0.25) is 0 Å². The molecular weight excluding hydrogens is 386 g/mol. The summed E-state index contributed by atoms with van der Waals surface area (Å²) in [6, 6.07) is 8.06. The number of fused-ring (bicyclic) bond motifs is 1. The Morgan fingerprint density at radius 3 is 2.52 bits per heavy atom. The summed E-state index contributed by atoms with van der Waals surface area (Å²) in [6.07, 6.45) is 2.30. The number of likely N-dealkylation sites (N-methyl/N-ethyl adjacent to an activating group) is 1. The van der Waals surface area contributed by atoms with Crippen LogP contribution in [0.15, 0.2) is 24.3 Å². The molecule has 3 heterocycles. The molecule has 0 bridgehead atoms. The highest BCUT2D eigenvalue weighted by Gasteiger charge is 2.44. The second-order valence-electron chi connectivity index (χ2n) is 8.48. The molecule has 6 nitrogen and oxygen atoms in total. The van der Waals surface area contributed by atoms with E-state index in [0.717, 1.165) is 36.5 Å². The van der Waals surface area contributed by atoms with Gasteiger partial charge in [0.05, 0.1) is 16.7 Å². The number of rotatable bonds is 5. The lowest BCUT2D eigenvalue weighted by Gasteiger charge is -2.40. The summed E-state index contributed by atoms with van der Waals surface area (Å²) in [6.45, 7) is 3.76. The van der Waals surface area contributed by atoms with Crippen LogP contribution in [0.4, 0.5) is 5.82 Å². The van der Waals surface area contributed by atoms with Gasteiger partial charge in [0.2, 0.25) is 0 Å². The van der Waals surface area contributed by atoms with Crippen LogP contribution in [0.3, 0.4) is 0 Å². The molecule has 0 amide bonds. The summed E-state index contributed by atoms with van der Waals surface area (Å²) in [5, 5.41) is 9.75. The van der Waals surface area contributed by atoms with Gasteiger partial charge in [-0.1, -0.05) is 0 Å². The summed E-state index contributed by atoms with van der Waals surface area (Å²) >= 11 is 1.68. The quantitative estimate of drug-likeness (QED) is 0.805. The van der Waals surface area contributed by atoms with Crippen molar-refractivity contribution >= 4 is 23.1 Å². The number of pyridine rings is 1. The molecule has 2 aromatic rings. The highest BCUT2D eigenvalue weighted by atomic mass is 32.1. The number of carboxylic acid groups (broad SMARTS) is 1. The van der Waals surface area contributed by atoms with Gasteiger partial charge in [0.15, 0.2) is 0 Å². The van der Waals surface area contributed by atoms with Crippen molar-refractivity contribution in [2.45, 2.75) is 31.9 Å². The standard InChI is InChI=1S/C22H29N3O3S/c1-13-5-8-20(29-13)17-7-6-16(22(26)27)21(23-17)25-11-14-9-18(24(2)3)19(28-4)10-15(14)12-25/h5-8,14-15,18-19H,9-12H2,1-4H3,(H,26,27)/t14-,15+,18-,19-/m1/s1. The zero-order valence-corrected chi connectivity index (χ0v) is 18.3. The largest absolute Gasteiger partial charge is 0.478 e. The number of hydrogen-bond acceptors (Lipinski definition) is 6. The average molecular weight is 416 g/mol. The number of carbonyl (C=O) groups is 1. The van der Waals surface area contributed by atoms with Crippen molar-refractivity contribution in [2.75, 3.05) is 39.2 Å². The van der Waals surface area contributed by atoms with Crippen molar-refractivity contribution in [2.24, 2.45) is 11.8 Å². The summed E-state index contributed by atoms with van der Waals surface area (Å²) in [7, 11) is 6.02. The molecule has 4 rings (SSSR count). The smallest absolute Gasteiger partial charge is 0.339 e. The third-order valence-electron chi connectivity index (χ3n) is 6.45. The first-order valence-corrected chi connectivity index (χ1v) is 10.9. The topological polar surface area (TPSA) is 65.9 Å². The summed E-state index contributed by atoms with van der Waals surface area (Å²) < 4.78 is 5.79. The van der Waals surface area contributed by atoms with Gasteiger partial charge < -0.3 is 19.6 Å². The third-order valence-corrected chi connectivity index (χ3v) is 7.47. The van der Waals surface area contributed by atoms with Crippen LogP contribution >= 0.6 is 11.3 Å².